The molecule has 5 aromatic rings. The van der Waals surface area contributed by atoms with Gasteiger partial charge in [-0.3, -0.25) is 0 Å². The lowest BCUT2D eigenvalue weighted by atomic mass is 9.88. The Morgan fingerprint density at radius 3 is 2.04 bits per heavy atom. The fourth-order valence-electron chi connectivity index (χ4n) is 6.41. The van der Waals surface area contributed by atoms with Gasteiger partial charge in [0.15, 0.2) is 6.10 Å². The molecule has 49 heavy (non-hydrogen) atoms. The van der Waals surface area contributed by atoms with Crippen molar-refractivity contribution < 1.29 is 23.7 Å². The Morgan fingerprint density at radius 2 is 1.35 bits per heavy atom. The van der Waals surface area contributed by atoms with Gasteiger partial charge in [0, 0.05) is 19.4 Å². The van der Waals surface area contributed by atoms with E-state index < -0.39 is 6.10 Å². The maximum atomic E-state index is 12.1. The molecule has 0 saturated carbocycles. The predicted molar refractivity (Wildman–Crippen MR) is 196 cm³/mol. The number of benzene rings is 5. The molecule has 1 aliphatic rings. The van der Waals surface area contributed by atoms with Crippen LogP contribution < -0.4 is 4.74 Å². The highest BCUT2D eigenvalue weighted by atomic mass is 16.6. The Balaban J connectivity index is 1.18. The summed E-state index contributed by atoms with van der Waals surface area (Å²) in [5.41, 5.74) is 10.7. The standard InChI is InChI=1S/C44H44O5/c1-4-47-44(45)42(46-3)29-33-15-21-39(22-16-33)48-25-26-49-43-40-23-17-34(27-32-11-7-5-8-12-32)28-37(40)18-19-38-30-36(20-24-41(38)43)31(2)35-13-9-6-10-14-35/h5-24,28,30-31,42-43H,4,25-27,29H2,1-3H3. The van der Waals surface area contributed by atoms with Crippen molar-refractivity contribution in [2.75, 3.05) is 26.9 Å². The summed E-state index contributed by atoms with van der Waals surface area (Å²) in [7, 11) is 1.52. The molecule has 0 aliphatic heterocycles. The van der Waals surface area contributed by atoms with Crippen molar-refractivity contribution in [1.29, 1.82) is 0 Å². The molecule has 0 bridgehead atoms. The fraction of sp³-hybridized carbons (Fsp3) is 0.250. The van der Waals surface area contributed by atoms with Gasteiger partial charge in [-0.1, -0.05) is 128 Å². The zero-order chi connectivity index (χ0) is 34.0. The summed E-state index contributed by atoms with van der Waals surface area (Å²) in [6.45, 7) is 5.18. The van der Waals surface area contributed by atoms with Gasteiger partial charge < -0.3 is 18.9 Å². The smallest absolute Gasteiger partial charge is 0.335 e. The molecule has 0 fully saturated rings. The summed E-state index contributed by atoms with van der Waals surface area (Å²) in [4.78, 5) is 12.1. The molecule has 0 heterocycles. The third kappa shape index (κ3) is 8.55. The molecule has 0 saturated heterocycles. The van der Waals surface area contributed by atoms with Crippen molar-refractivity contribution in [3.8, 4) is 5.75 Å². The highest BCUT2D eigenvalue weighted by Crippen LogP contribution is 2.38. The average Bonchev–Trinajstić information content (AvgIpc) is 3.29. The van der Waals surface area contributed by atoms with Crippen molar-refractivity contribution in [2.45, 2.75) is 44.8 Å². The molecule has 6 rings (SSSR count). The van der Waals surface area contributed by atoms with Gasteiger partial charge in [-0.25, -0.2) is 4.79 Å². The summed E-state index contributed by atoms with van der Waals surface area (Å²) in [6.07, 6.45) is 4.90. The van der Waals surface area contributed by atoms with E-state index in [1.54, 1.807) is 6.92 Å². The van der Waals surface area contributed by atoms with E-state index in [1.807, 2.05) is 24.3 Å². The van der Waals surface area contributed by atoms with Gasteiger partial charge in [0.1, 0.15) is 18.5 Å². The predicted octanol–water partition coefficient (Wildman–Crippen LogP) is 9.22. The number of ether oxygens (including phenoxy) is 4. The topological polar surface area (TPSA) is 54.0 Å². The normalized spacial score (nSPS) is 14.6. The molecule has 0 amide bonds. The largest absolute Gasteiger partial charge is 0.491 e. The Morgan fingerprint density at radius 1 is 0.694 bits per heavy atom. The van der Waals surface area contributed by atoms with Crippen molar-refractivity contribution in [3.05, 3.63) is 171 Å². The Kier molecular flexibility index (Phi) is 11.4. The molecule has 0 N–H and O–H groups in total. The van der Waals surface area contributed by atoms with Gasteiger partial charge >= 0.3 is 5.97 Å². The summed E-state index contributed by atoms with van der Waals surface area (Å²) in [6, 6.07) is 42.5. The minimum absolute atomic E-state index is 0.244. The lowest BCUT2D eigenvalue weighted by molar-refractivity contribution is -0.154. The minimum Gasteiger partial charge on any atom is -0.491 e. The van der Waals surface area contributed by atoms with Crippen LogP contribution >= 0.6 is 0 Å². The monoisotopic (exact) mass is 652 g/mol. The van der Waals surface area contributed by atoms with Crippen molar-refractivity contribution in [2.24, 2.45) is 0 Å². The number of fused-ring (bicyclic) bond motifs is 2. The fourth-order valence-corrected chi connectivity index (χ4v) is 6.41. The molecule has 5 nitrogen and oxygen atoms in total. The summed E-state index contributed by atoms with van der Waals surface area (Å²) < 4.78 is 23.2. The molecule has 250 valence electrons. The second kappa shape index (κ2) is 16.4. The first-order valence-corrected chi connectivity index (χ1v) is 17.1. The molecule has 5 heteroatoms. The molecule has 3 atom stereocenters. The van der Waals surface area contributed by atoms with Crippen molar-refractivity contribution >= 4 is 18.1 Å². The maximum Gasteiger partial charge on any atom is 0.335 e. The van der Waals surface area contributed by atoms with E-state index in [2.05, 4.69) is 116 Å². The van der Waals surface area contributed by atoms with E-state index in [0.717, 1.165) is 28.9 Å². The number of hydrogen-bond acceptors (Lipinski definition) is 5. The number of methoxy groups -OCH3 is 1. The first-order chi connectivity index (χ1) is 24.0. The average molecular weight is 653 g/mol. The molecule has 0 aromatic heterocycles. The second-order valence-corrected chi connectivity index (χ2v) is 12.4. The van der Waals surface area contributed by atoms with E-state index in [9.17, 15) is 4.79 Å². The van der Waals surface area contributed by atoms with E-state index >= 15 is 0 Å². The molecule has 3 unspecified atom stereocenters. The van der Waals surface area contributed by atoms with Crippen LogP contribution in [-0.2, 0) is 31.8 Å². The van der Waals surface area contributed by atoms with Crippen LogP contribution in [0.4, 0.5) is 0 Å². The van der Waals surface area contributed by atoms with Gasteiger partial charge in [0.05, 0.1) is 13.2 Å². The zero-order valence-corrected chi connectivity index (χ0v) is 28.5. The molecular weight excluding hydrogens is 608 g/mol. The van der Waals surface area contributed by atoms with Crippen LogP contribution in [0.3, 0.4) is 0 Å². The van der Waals surface area contributed by atoms with Crippen LogP contribution in [0.5, 0.6) is 5.75 Å². The van der Waals surface area contributed by atoms with Crippen LogP contribution in [-0.4, -0.2) is 39.0 Å². The highest BCUT2D eigenvalue weighted by molar-refractivity contribution is 5.77. The number of rotatable bonds is 14. The number of hydrogen-bond donors (Lipinski definition) is 0. The van der Waals surface area contributed by atoms with Gasteiger partial charge in [0.2, 0.25) is 0 Å². The number of carbonyl (C=O) groups excluding carboxylic acids is 1. The van der Waals surface area contributed by atoms with Gasteiger partial charge in [-0.15, -0.1) is 0 Å². The second-order valence-electron chi connectivity index (χ2n) is 12.4. The Labute approximate surface area is 290 Å². The molecular formula is C44H44O5. The summed E-state index contributed by atoms with van der Waals surface area (Å²) in [5.74, 6) is 0.660. The Hall–Kier alpha value is -4.97. The third-order valence-corrected chi connectivity index (χ3v) is 9.14. The number of esters is 1. The van der Waals surface area contributed by atoms with Gasteiger partial charge in [-0.2, -0.15) is 0 Å². The Bertz CT molecular complexity index is 1850. The SMILES string of the molecule is CCOC(=O)C(Cc1ccc(OCCOC2c3ccc(Cc4ccccc4)cc3C=Cc3cc(C(C)c4ccccc4)ccc32)cc1)OC. The van der Waals surface area contributed by atoms with Crippen LogP contribution in [0.25, 0.3) is 12.2 Å². The molecule has 0 radical (unpaired) electrons. The van der Waals surface area contributed by atoms with E-state index in [0.29, 0.717) is 26.2 Å². The maximum absolute atomic E-state index is 12.1. The van der Waals surface area contributed by atoms with Crippen LogP contribution in [0.1, 0.15) is 75.9 Å². The van der Waals surface area contributed by atoms with Crippen molar-refractivity contribution in [3.63, 3.8) is 0 Å². The van der Waals surface area contributed by atoms with Crippen molar-refractivity contribution in [1.82, 2.24) is 0 Å². The lowest BCUT2D eigenvalue weighted by Crippen LogP contribution is -2.27. The number of carbonyl (C=O) groups is 1. The quantitative estimate of drug-likeness (QED) is 0.0885. The van der Waals surface area contributed by atoms with Crippen LogP contribution in [0.2, 0.25) is 0 Å². The minimum atomic E-state index is -0.632. The van der Waals surface area contributed by atoms with Gasteiger partial charge in [0.25, 0.3) is 0 Å². The summed E-state index contributed by atoms with van der Waals surface area (Å²) in [5, 5.41) is 0. The lowest BCUT2D eigenvalue weighted by Gasteiger charge is -2.23. The van der Waals surface area contributed by atoms with Gasteiger partial charge in [-0.05, 0) is 75.5 Å². The van der Waals surface area contributed by atoms with Crippen LogP contribution in [0, 0.1) is 0 Å². The zero-order valence-electron chi connectivity index (χ0n) is 28.5. The van der Waals surface area contributed by atoms with Crippen LogP contribution in [0.15, 0.2) is 121 Å². The van der Waals surface area contributed by atoms with E-state index in [-0.39, 0.29) is 18.0 Å². The molecule has 5 aromatic carbocycles. The third-order valence-electron chi connectivity index (χ3n) is 9.14. The van der Waals surface area contributed by atoms with E-state index in [4.69, 9.17) is 18.9 Å². The molecule has 1 aliphatic carbocycles. The molecule has 0 spiro atoms. The first-order valence-electron chi connectivity index (χ1n) is 17.1. The van der Waals surface area contributed by atoms with E-state index in [1.165, 1.54) is 40.5 Å². The summed E-state index contributed by atoms with van der Waals surface area (Å²) >= 11 is 0. The first kappa shape index (κ1) is 33.9. The highest BCUT2D eigenvalue weighted by Gasteiger charge is 2.24.